The molecule has 0 radical (unpaired) electrons. The molecular weight excluding hydrogens is 324 g/mol. The second-order valence-electron chi connectivity index (χ2n) is 6.25. The fourth-order valence-corrected chi connectivity index (χ4v) is 3.03. The highest BCUT2D eigenvalue weighted by atomic mass is 35.5. The molecule has 1 aromatic carbocycles. The highest BCUT2D eigenvalue weighted by Gasteiger charge is 2.17. The first kappa shape index (κ1) is 16.7. The number of carbonyl (C=O) groups excluding carboxylic acids is 1. The van der Waals surface area contributed by atoms with E-state index in [1.807, 2.05) is 24.3 Å². The number of rotatable bonds is 4. The molecule has 1 aromatic heterocycles. The van der Waals surface area contributed by atoms with Crippen LogP contribution in [-0.4, -0.2) is 29.0 Å². The van der Waals surface area contributed by atoms with Gasteiger partial charge in [-0.05, 0) is 30.4 Å². The van der Waals surface area contributed by atoms with Gasteiger partial charge in [-0.1, -0.05) is 36.7 Å². The van der Waals surface area contributed by atoms with Gasteiger partial charge in [0.25, 0.3) is 0 Å². The Hall–Kier alpha value is -2.14. The summed E-state index contributed by atoms with van der Waals surface area (Å²) in [6.45, 7) is 4.26. The van der Waals surface area contributed by atoms with Gasteiger partial charge in [0, 0.05) is 24.2 Å². The summed E-state index contributed by atoms with van der Waals surface area (Å²) in [5.74, 6) is 2.01. The van der Waals surface area contributed by atoms with E-state index in [4.69, 9.17) is 11.6 Å². The van der Waals surface area contributed by atoms with E-state index in [1.54, 1.807) is 6.07 Å². The van der Waals surface area contributed by atoms with Crippen LogP contribution in [-0.2, 0) is 11.2 Å². The van der Waals surface area contributed by atoms with Gasteiger partial charge in [-0.25, -0.2) is 9.97 Å². The Bertz CT molecular complexity index is 714. The predicted molar refractivity (Wildman–Crippen MR) is 96.4 cm³/mol. The molecule has 126 valence electrons. The molecule has 3 rings (SSSR count). The third kappa shape index (κ3) is 4.23. The van der Waals surface area contributed by atoms with Crippen molar-refractivity contribution in [2.24, 2.45) is 5.92 Å². The number of nitrogens with zero attached hydrogens (tertiary/aromatic N) is 3. The van der Waals surface area contributed by atoms with Crippen molar-refractivity contribution in [3.05, 3.63) is 47.2 Å². The van der Waals surface area contributed by atoms with Crippen LogP contribution in [0.1, 0.15) is 25.3 Å². The molecule has 0 spiro atoms. The number of piperidine rings is 1. The van der Waals surface area contributed by atoms with Crippen molar-refractivity contribution < 1.29 is 4.79 Å². The molecule has 0 atom stereocenters. The number of aromatic nitrogens is 2. The van der Waals surface area contributed by atoms with Crippen LogP contribution >= 0.6 is 11.6 Å². The quantitative estimate of drug-likeness (QED) is 0.921. The monoisotopic (exact) mass is 344 g/mol. The van der Waals surface area contributed by atoms with E-state index >= 15 is 0 Å². The van der Waals surface area contributed by atoms with Gasteiger partial charge in [0.2, 0.25) is 5.91 Å². The Morgan fingerprint density at radius 3 is 2.79 bits per heavy atom. The summed E-state index contributed by atoms with van der Waals surface area (Å²) in [6.07, 6.45) is 4.05. The number of hydrogen-bond donors (Lipinski definition) is 1. The SMILES string of the molecule is CC1CCN(c2cc(NC(=O)Cc3ccccc3Cl)ncn2)CC1. The van der Waals surface area contributed by atoms with Gasteiger partial charge in [0.15, 0.2) is 0 Å². The van der Waals surface area contributed by atoms with E-state index in [-0.39, 0.29) is 12.3 Å². The lowest BCUT2D eigenvalue weighted by Crippen LogP contribution is -2.33. The van der Waals surface area contributed by atoms with Gasteiger partial charge in [0.1, 0.15) is 18.0 Å². The zero-order valence-corrected chi connectivity index (χ0v) is 14.5. The molecule has 0 aliphatic carbocycles. The van der Waals surface area contributed by atoms with E-state index in [0.29, 0.717) is 10.8 Å². The van der Waals surface area contributed by atoms with E-state index < -0.39 is 0 Å². The van der Waals surface area contributed by atoms with Crippen LogP contribution in [0.4, 0.5) is 11.6 Å². The first-order chi connectivity index (χ1) is 11.6. The molecule has 6 heteroatoms. The Kier molecular flexibility index (Phi) is 5.30. The summed E-state index contributed by atoms with van der Waals surface area (Å²) >= 11 is 6.10. The summed E-state index contributed by atoms with van der Waals surface area (Å²) in [7, 11) is 0. The second-order valence-corrected chi connectivity index (χ2v) is 6.65. The van der Waals surface area contributed by atoms with Crippen LogP contribution in [0.5, 0.6) is 0 Å². The number of halogens is 1. The molecule has 0 unspecified atom stereocenters. The fourth-order valence-electron chi connectivity index (χ4n) is 2.83. The molecule has 2 aromatic rings. The van der Waals surface area contributed by atoms with E-state index in [0.717, 1.165) is 43.2 Å². The number of anilines is 2. The standard InChI is InChI=1S/C18H21ClN4O/c1-13-6-8-23(9-7-13)17-11-16(20-12-21-17)22-18(24)10-14-4-2-3-5-15(14)19/h2-5,11-13H,6-10H2,1H3,(H,20,21,22,24). The van der Waals surface area contributed by atoms with Gasteiger partial charge in [-0.3, -0.25) is 4.79 Å². The molecule has 5 nitrogen and oxygen atoms in total. The van der Waals surface area contributed by atoms with Crippen molar-refractivity contribution in [2.45, 2.75) is 26.2 Å². The molecule has 1 saturated heterocycles. The van der Waals surface area contributed by atoms with Gasteiger partial charge >= 0.3 is 0 Å². The van der Waals surface area contributed by atoms with Crippen LogP contribution in [0.25, 0.3) is 0 Å². The highest BCUT2D eigenvalue weighted by Crippen LogP contribution is 2.22. The summed E-state index contributed by atoms with van der Waals surface area (Å²) in [6, 6.07) is 9.18. The van der Waals surface area contributed by atoms with Crippen molar-refractivity contribution in [2.75, 3.05) is 23.3 Å². The zero-order chi connectivity index (χ0) is 16.9. The van der Waals surface area contributed by atoms with E-state index in [1.165, 1.54) is 6.33 Å². The lowest BCUT2D eigenvalue weighted by Gasteiger charge is -2.31. The van der Waals surface area contributed by atoms with Crippen LogP contribution < -0.4 is 10.2 Å². The van der Waals surface area contributed by atoms with E-state index in [2.05, 4.69) is 27.1 Å². The van der Waals surface area contributed by atoms with Crippen molar-refractivity contribution in [1.29, 1.82) is 0 Å². The topological polar surface area (TPSA) is 58.1 Å². The smallest absolute Gasteiger partial charge is 0.230 e. The van der Waals surface area contributed by atoms with Crippen molar-refractivity contribution in [3.63, 3.8) is 0 Å². The van der Waals surface area contributed by atoms with Crippen LogP contribution in [0, 0.1) is 5.92 Å². The lowest BCUT2D eigenvalue weighted by molar-refractivity contribution is -0.115. The molecule has 1 aliphatic heterocycles. The maximum Gasteiger partial charge on any atom is 0.230 e. The maximum absolute atomic E-state index is 12.2. The van der Waals surface area contributed by atoms with Gasteiger partial charge in [-0.2, -0.15) is 0 Å². The normalized spacial score (nSPS) is 15.3. The minimum atomic E-state index is -0.139. The number of nitrogens with one attached hydrogen (secondary N) is 1. The number of amides is 1. The molecule has 0 bridgehead atoms. The van der Waals surface area contributed by atoms with Crippen molar-refractivity contribution in [3.8, 4) is 0 Å². The largest absolute Gasteiger partial charge is 0.356 e. The lowest BCUT2D eigenvalue weighted by atomic mass is 9.99. The number of hydrogen-bond acceptors (Lipinski definition) is 4. The predicted octanol–water partition coefficient (Wildman–Crippen LogP) is 3.55. The van der Waals surface area contributed by atoms with Crippen molar-refractivity contribution >= 4 is 29.1 Å². The number of benzene rings is 1. The molecule has 1 aliphatic rings. The summed E-state index contributed by atoms with van der Waals surface area (Å²) in [4.78, 5) is 22.9. The van der Waals surface area contributed by atoms with Crippen LogP contribution in [0.2, 0.25) is 5.02 Å². The van der Waals surface area contributed by atoms with Gasteiger partial charge in [-0.15, -0.1) is 0 Å². The van der Waals surface area contributed by atoms with E-state index in [9.17, 15) is 4.79 Å². The molecule has 24 heavy (non-hydrogen) atoms. The Morgan fingerprint density at radius 2 is 2.04 bits per heavy atom. The number of carbonyl (C=O) groups is 1. The minimum absolute atomic E-state index is 0.139. The molecule has 1 fully saturated rings. The Morgan fingerprint density at radius 1 is 1.29 bits per heavy atom. The average molecular weight is 345 g/mol. The Balaban J connectivity index is 1.64. The summed E-state index contributed by atoms with van der Waals surface area (Å²) in [5, 5.41) is 3.43. The first-order valence-electron chi connectivity index (χ1n) is 8.22. The molecule has 2 heterocycles. The molecule has 1 amide bonds. The minimum Gasteiger partial charge on any atom is -0.356 e. The van der Waals surface area contributed by atoms with Crippen molar-refractivity contribution in [1.82, 2.24) is 9.97 Å². The maximum atomic E-state index is 12.2. The highest BCUT2D eigenvalue weighted by molar-refractivity contribution is 6.31. The summed E-state index contributed by atoms with van der Waals surface area (Å²) in [5.41, 5.74) is 0.802. The molecule has 0 saturated carbocycles. The van der Waals surface area contributed by atoms with Gasteiger partial charge in [0.05, 0.1) is 6.42 Å². The zero-order valence-electron chi connectivity index (χ0n) is 13.7. The molecular formula is C18H21ClN4O. The van der Waals surface area contributed by atoms with Gasteiger partial charge < -0.3 is 10.2 Å². The summed E-state index contributed by atoms with van der Waals surface area (Å²) < 4.78 is 0. The second kappa shape index (κ2) is 7.62. The van der Waals surface area contributed by atoms with Crippen LogP contribution in [0.3, 0.4) is 0 Å². The fraction of sp³-hybridized carbons (Fsp3) is 0.389. The first-order valence-corrected chi connectivity index (χ1v) is 8.60. The third-order valence-electron chi connectivity index (χ3n) is 4.34. The Labute approximate surface area is 147 Å². The molecule has 1 N–H and O–H groups in total. The van der Waals surface area contributed by atoms with Crippen LogP contribution in [0.15, 0.2) is 36.7 Å². The average Bonchev–Trinajstić information content (AvgIpc) is 2.58. The third-order valence-corrected chi connectivity index (χ3v) is 4.71.